The molecule has 16 heavy (non-hydrogen) atoms. The van der Waals surface area contributed by atoms with Crippen molar-refractivity contribution in [1.29, 1.82) is 0 Å². The van der Waals surface area contributed by atoms with Crippen LogP contribution in [0.5, 0.6) is 0 Å². The van der Waals surface area contributed by atoms with Gasteiger partial charge in [0.15, 0.2) is 0 Å². The van der Waals surface area contributed by atoms with Crippen molar-refractivity contribution in [3.8, 4) is 11.4 Å². The van der Waals surface area contributed by atoms with E-state index < -0.39 is 6.67 Å². The number of nitrogens with two attached hydrogens (primary N) is 1. The van der Waals surface area contributed by atoms with Gasteiger partial charge < -0.3 is 5.73 Å². The zero-order chi connectivity index (χ0) is 11.4. The van der Waals surface area contributed by atoms with Crippen LogP contribution < -0.4 is 5.73 Å². The Bertz CT molecular complexity index is 453. The fourth-order valence-corrected chi connectivity index (χ4v) is 1.45. The van der Waals surface area contributed by atoms with Crippen LogP contribution in [-0.4, -0.2) is 26.4 Å². The van der Waals surface area contributed by atoms with Crippen molar-refractivity contribution in [3.63, 3.8) is 0 Å². The highest BCUT2D eigenvalue weighted by molar-refractivity contribution is 5.52. The largest absolute Gasteiger partial charge is 0.325 e. The first-order valence-corrected chi connectivity index (χ1v) is 4.94. The minimum absolute atomic E-state index is 0.215. The van der Waals surface area contributed by atoms with E-state index in [2.05, 4.69) is 15.1 Å². The van der Waals surface area contributed by atoms with E-state index in [-0.39, 0.29) is 6.54 Å². The summed E-state index contributed by atoms with van der Waals surface area (Å²) in [5.41, 5.74) is 7.67. The second-order valence-electron chi connectivity index (χ2n) is 3.23. The van der Waals surface area contributed by atoms with Gasteiger partial charge in [0.25, 0.3) is 0 Å². The van der Waals surface area contributed by atoms with Crippen LogP contribution in [0.1, 0.15) is 5.69 Å². The van der Waals surface area contributed by atoms with Gasteiger partial charge in [-0.25, -0.2) is 4.39 Å². The first-order chi connectivity index (χ1) is 7.85. The second-order valence-corrected chi connectivity index (χ2v) is 3.23. The van der Waals surface area contributed by atoms with E-state index in [9.17, 15) is 4.39 Å². The summed E-state index contributed by atoms with van der Waals surface area (Å²) in [5, 5.41) is 4.24. The number of aromatic nitrogens is 4. The molecule has 0 atom stereocenters. The number of halogens is 1. The summed E-state index contributed by atoms with van der Waals surface area (Å²) in [7, 11) is 0. The molecular weight excluding hydrogens is 209 g/mol. The first kappa shape index (κ1) is 10.7. The van der Waals surface area contributed by atoms with Gasteiger partial charge in [0.2, 0.25) is 0 Å². The van der Waals surface area contributed by atoms with Gasteiger partial charge in [-0.05, 0) is 6.07 Å². The third-order valence-electron chi connectivity index (χ3n) is 2.19. The number of hydrogen-bond acceptors (Lipinski definition) is 4. The molecule has 2 aromatic heterocycles. The molecule has 0 aliphatic rings. The maximum atomic E-state index is 12.3. The highest BCUT2D eigenvalue weighted by Crippen LogP contribution is 2.15. The number of alkyl halides is 1. The molecule has 0 fully saturated rings. The average Bonchev–Trinajstić information content (AvgIpc) is 2.74. The van der Waals surface area contributed by atoms with Crippen LogP contribution in [0.2, 0.25) is 0 Å². The maximum Gasteiger partial charge on any atom is 0.113 e. The van der Waals surface area contributed by atoms with E-state index in [1.165, 1.54) is 0 Å². The van der Waals surface area contributed by atoms with Crippen LogP contribution >= 0.6 is 0 Å². The predicted molar refractivity (Wildman–Crippen MR) is 57.1 cm³/mol. The number of rotatable bonds is 4. The van der Waals surface area contributed by atoms with Crippen LogP contribution in [0.3, 0.4) is 0 Å². The van der Waals surface area contributed by atoms with Gasteiger partial charge >= 0.3 is 0 Å². The molecule has 0 aliphatic heterocycles. The van der Waals surface area contributed by atoms with Crippen molar-refractivity contribution in [2.75, 3.05) is 6.67 Å². The summed E-state index contributed by atoms with van der Waals surface area (Å²) in [6, 6.07) is 1.81. The molecule has 2 rings (SSSR count). The molecule has 0 aromatic carbocycles. The highest BCUT2D eigenvalue weighted by Gasteiger charge is 2.08. The van der Waals surface area contributed by atoms with E-state index >= 15 is 0 Å². The minimum atomic E-state index is -0.464. The molecule has 0 bridgehead atoms. The van der Waals surface area contributed by atoms with E-state index in [1.54, 1.807) is 29.3 Å². The Morgan fingerprint density at radius 3 is 2.81 bits per heavy atom. The molecule has 0 saturated heterocycles. The van der Waals surface area contributed by atoms with Crippen molar-refractivity contribution >= 4 is 0 Å². The second kappa shape index (κ2) is 4.80. The Morgan fingerprint density at radius 1 is 1.31 bits per heavy atom. The first-order valence-electron chi connectivity index (χ1n) is 4.94. The average molecular weight is 221 g/mol. The normalized spacial score (nSPS) is 10.6. The SMILES string of the molecule is NCc1cc(-c2cnccn2)nn1CCF. The van der Waals surface area contributed by atoms with Crippen LogP contribution in [0.25, 0.3) is 11.4 Å². The van der Waals surface area contributed by atoms with Crippen molar-refractivity contribution in [1.82, 2.24) is 19.7 Å². The summed E-state index contributed by atoms with van der Waals surface area (Å²) in [6.45, 7) is 0.0780. The Kier molecular flexibility index (Phi) is 3.21. The fourth-order valence-electron chi connectivity index (χ4n) is 1.45. The Labute approximate surface area is 92.1 Å². The predicted octanol–water partition coefficient (Wildman–Crippen LogP) is 0.768. The van der Waals surface area contributed by atoms with E-state index in [4.69, 9.17) is 5.73 Å². The van der Waals surface area contributed by atoms with Crippen LogP contribution in [0.15, 0.2) is 24.7 Å². The third-order valence-corrected chi connectivity index (χ3v) is 2.19. The van der Waals surface area contributed by atoms with Crippen LogP contribution in [0.4, 0.5) is 4.39 Å². The monoisotopic (exact) mass is 221 g/mol. The van der Waals surface area contributed by atoms with Gasteiger partial charge in [-0.2, -0.15) is 5.10 Å². The van der Waals surface area contributed by atoms with E-state index in [0.29, 0.717) is 17.9 Å². The molecule has 0 amide bonds. The van der Waals surface area contributed by atoms with Gasteiger partial charge in [-0.3, -0.25) is 14.6 Å². The Morgan fingerprint density at radius 2 is 2.19 bits per heavy atom. The topological polar surface area (TPSA) is 69.6 Å². The van der Waals surface area contributed by atoms with Crippen molar-refractivity contribution in [2.24, 2.45) is 5.73 Å². The van der Waals surface area contributed by atoms with Crippen LogP contribution in [-0.2, 0) is 13.1 Å². The zero-order valence-corrected chi connectivity index (χ0v) is 8.67. The van der Waals surface area contributed by atoms with Gasteiger partial charge in [-0.1, -0.05) is 0 Å². The van der Waals surface area contributed by atoms with Crippen LogP contribution in [0, 0.1) is 0 Å². The molecule has 0 saturated carbocycles. The Hall–Kier alpha value is -1.82. The molecule has 6 heteroatoms. The molecule has 2 heterocycles. The molecule has 2 N–H and O–H groups in total. The van der Waals surface area contributed by atoms with Crippen molar-refractivity contribution < 1.29 is 4.39 Å². The van der Waals surface area contributed by atoms with Gasteiger partial charge in [0.05, 0.1) is 18.4 Å². The van der Waals surface area contributed by atoms with Crippen molar-refractivity contribution in [2.45, 2.75) is 13.1 Å². The molecule has 84 valence electrons. The summed E-state index contributed by atoms with van der Waals surface area (Å²) in [5.74, 6) is 0. The number of nitrogens with zero attached hydrogens (tertiary/aromatic N) is 4. The summed E-state index contributed by atoms with van der Waals surface area (Å²) >= 11 is 0. The fraction of sp³-hybridized carbons (Fsp3) is 0.300. The summed E-state index contributed by atoms with van der Waals surface area (Å²) in [6.07, 6.45) is 4.79. The molecule has 5 nitrogen and oxygen atoms in total. The minimum Gasteiger partial charge on any atom is -0.325 e. The molecular formula is C10H12FN5. The summed E-state index contributed by atoms with van der Waals surface area (Å²) in [4.78, 5) is 8.08. The molecule has 0 aliphatic carbocycles. The van der Waals surface area contributed by atoms with Gasteiger partial charge in [0, 0.05) is 18.9 Å². The smallest absolute Gasteiger partial charge is 0.113 e. The van der Waals surface area contributed by atoms with Crippen molar-refractivity contribution in [3.05, 3.63) is 30.4 Å². The molecule has 2 aromatic rings. The van der Waals surface area contributed by atoms with E-state index in [0.717, 1.165) is 5.69 Å². The lowest BCUT2D eigenvalue weighted by atomic mass is 10.3. The summed E-state index contributed by atoms with van der Waals surface area (Å²) < 4.78 is 13.8. The van der Waals surface area contributed by atoms with E-state index in [1.807, 2.05) is 0 Å². The third kappa shape index (κ3) is 2.06. The van der Waals surface area contributed by atoms with Gasteiger partial charge in [-0.15, -0.1) is 0 Å². The number of aryl methyl sites for hydroxylation is 1. The maximum absolute atomic E-state index is 12.3. The number of hydrogen-bond donors (Lipinski definition) is 1. The molecule has 0 radical (unpaired) electrons. The molecule has 0 unspecified atom stereocenters. The zero-order valence-electron chi connectivity index (χ0n) is 8.67. The lowest BCUT2D eigenvalue weighted by Crippen LogP contribution is -2.09. The lowest BCUT2D eigenvalue weighted by Gasteiger charge is -2.00. The molecule has 0 spiro atoms. The quantitative estimate of drug-likeness (QED) is 0.827. The lowest BCUT2D eigenvalue weighted by molar-refractivity contribution is 0.420. The highest BCUT2D eigenvalue weighted by atomic mass is 19.1. The Balaban J connectivity index is 2.36. The van der Waals surface area contributed by atoms with Gasteiger partial charge in [0.1, 0.15) is 18.1 Å². The standard InChI is InChI=1S/C10H12FN5/c11-1-4-16-8(6-12)5-9(15-16)10-7-13-2-3-14-10/h2-3,5,7H,1,4,6,12H2.